The topological polar surface area (TPSA) is 17.1 Å². The maximum Gasteiger partial charge on any atom is 0.201 e. The number of hydrogen-bond acceptors (Lipinski definition) is 1. The Bertz CT molecular complexity index is 376. The lowest BCUT2D eigenvalue weighted by atomic mass is 10.3. The predicted molar refractivity (Wildman–Crippen MR) is 57.8 cm³/mol. The molecule has 1 heterocycles. The number of hydrogen-bond donors (Lipinski definition) is 0. The molecule has 1 unspecified atom stereocenters. The van der Waals surface area contributed by atoms with Crippen LogP contribution in [0.25, 0.3) is 0 Å². The summed E-state index contributed by atoms with van der Waals surface area (Å²) in [7, 11) is -0.461. The molecule has 1 aliphatic heterocycles. The molecule has 0 N–H and O–H groups in total. The number of Topliss-reactive ketones (excluding diaryl/α,β-unsaturated/α-hetero) is 1. The molecule has 0 aliphatic carbocycles. The van der Waals surface area contributed by atoms with Crippen LogP contribution in [0.2, 0.25) is 0 Å². The Morgan fingerprint density at radius 2 is 1.92 bits per heavy atom. The van der Waals surface area contributed by atoms with Crippen molar-refractivity contribution in [1.29, 1.82) is 0 Å². The third-order valence-corrected chi connectivity index (χ3v) is 3.92. The second-order valence-corrected chi connectivity index (χ2v) is 4.81. The third-order valence-electron chi connectivity index (χ3n) is 1.92. The van der Waals surface area contributed by atoms with Gasteiger partial charge in [-0.2, -0.15) is 0 Å². The van der Waals surface area contributed by atoms with Crippen LogP contribution in [-0.2, 0) is 4.79 Å². The molecule has 1 atom stereocenters. The van der Waals surface area contributed by atoms with Gasteiger partial charge in [0.15, 0.2) is 18.6 Å². The molecule has 13 heavy (non-hydrogen) atoms. The molecule has 64 valence electrons. The van der Waals surface area contributed by atoms with Gasteiger partial charge in [-0.3, -0.25) is 4.79 Å². The largest absolute Gasteiger partial charge is 0.290 e. The van der Waals surface area contributed by atoms with Crippen molar-refractivity contribution in [2.75, 3.05) is 0 Å². The summed E-state index contributed by atoms with van der Waals surface area (Å²) in [4.78, 5) is 11.2. The van der Waals surface area contributed by atoms with Crippen molar-refractivity contribution < 1.29 is 4.79 Å². The summed E-state index contributed by atoms with van der Waals surface area (Å²) >= 11 is 0. The van der Waals surface area contributed by atoms with Crippen molar-refractivity contribution in [2.24, 2.45) is 0 Å². The first-order valence-electron chi connectivity index (χ1n) is 4.24. The van der Waals surface area contributed by atoms with Crippen molar-refractivity contribution in [3.8, 4) is 0 Å². The summed E-state index contributed by atoms with van der Waals surface area (Å²) in [6, 6.07) is 10.2. The Kier molecular flexibility index (Phi) is 2.37. The van der Waals surface area contributed by atoms with E-state index in [4.69, 9.17) is 0 Å². The minimum Gasteiger partial charge on any atom is -0.290 e. The van der Waals surface area contributed by atoms with Crippen LogP contribution in [-0.4, -0.2) is 11.6 Å². The molecule has 0 fully saturated rings. The lowest BCUT2D eigenvalue weighted by Crippen LogP contribution is -2.04. The molecule has 0 aromatic heterocycles. The highest BCUT2D eigenvalue weighted by atomic mass is 31.1. The molecular formula is C11H10OP+. The number of ketones is 1. The molecule has 0 saturated heterocycles. The highest BCUT2D eigenvalue weighted by Crippen LogP contribution is 2.25. The number of allylic oxidation sites excluding steroid dienone is 1. The van der Waals surface area contributed by atoms with Gasteiger partial charge in [-0.15, -0.1) is 0 Å². The standard InChI is InChI=1S/C11H10OP/c12-10-5-4-8-13(9-10)11-6-2-1-3-7-11/h1-4,6-9H,5H2/q+1. The first-order chi connectivity index (χ1) is 6.36. The zero-order valence-electron chi connectivity index (χ0n) is 7.18. The van der Waals surface area contributed by atoms with Gasteiger partial charge in [0.2, 0.25) is 5.78 Å². The van der Waals surface area contributed by atoms with Gasteiger partial charge < -0.3 is 0 Å². The molecule has 0 saturated carbocycles. The van der Waals surface area contributed by atoms with Crippen LogP contribution in [0.3, 0.4) is 0 Å². The molecule has 0 spiro atoms. The average molecular weight is 189 g/mol. The maximum atomic E-state index is 11.2. The Morgan fingerprint density at radius 3 is 2.62 bits per heavy atom. The smallest absolute Gasteiger partial charge is 0.201 e. The van der Waals surface area contributed by atoms with Crippen molar-refractivity contribution in [1.82, 2.24) is 0 Å². The van der Waals surface area contributed by atoms with E-state index in [1.165, 1.54) is 5.30 Å². The Labute approximate surface area is 78.5 Å². The fraction of sp³-hybridized carbons (Fsp3) is 0.0909. The molecule has 0 amide bonds. The summed E-state index contributed by atoms with van der Waals surface area (Å²) < 4.78 is 0. The molecule has 1 nitrogen and oxygen atoms in total. The first-order valence-corrected chi connectivity index (χ1v) is 5.72. The Morgan fingerprint density at radius 1 is 1.15 bits per heavy atom. The Balaban J connectivity index is 2.37. The van der Waals surface area contributed by atoms with E-state index in [-0.39, 0.29) is 5.78 Å². The fourth-order valence-electron chi connectivity index (χ4n) is 1.29. The minimum absolute atomic E-state index is 0.248. The highest BCUT2D eigenvalue weighted by molar-refractivity contribution is 7.69. The van der Waals surface area contributed by atoms with E-state index in [1.807, 2.05) is 30.1 Å². The lowest BCUT2D eigenvalue weighted by Gasteiger charge is -1.94. The molecule has 0 radical (unpaired) electrons. The maximum absolute atomic E-state index is 11.2. The van der Waals surface area contributed by atoms with Crippen molar-refractivity contribution in [3.05, 3.63) is 42.2 Å². The summed E-state index contributed by atoms with van der Waals surface area (Å²) in [6.07, 6.45) is 2.55. The van der Waals surface area contributed by atoms with E-state index in [0.29, 0.717) is 6.42 Å². The number of rotatable bonds is 1. The SMILES string of the molecule is O=C1C=[P+](c2ccccc2)C=CC1. The Hall–Kier alpha value is -1.20. The van der Waals surface area contributed by atoms with Gasteiger partial charge in [-0.05, 0) is 18.2 Å². The van der Waals surface area contributed by atoms with E-state index in [1.54, 1.807) is 0 Å². The van der Waals surface area contributed by atoms with E-state index in [9.17, 15) is 4.79 Å². The predicted octanol–water partition coefficient (Wildman–Crippen LogP) is 2.08. The second kappa shape index (κ2) is 3.68. The van der Waals surface area contributed by atoms with Crippen LogP contribution in [0.4, 0.5) is 0 Å². The number of carbonyl (C=O) groups excluding carboxylic acids is 1. The van der Waals surface area contributed by atoms with Gasteiger partial charge in [0.1, 0.15) is 5.82 Å². The van der Waals surface area contributed by atoms with Crippen LogP contribution in [0.5, 0.6) is 0 Å². The van der Waals surface area contributed by atoms with Crippen molar-refractivity contribution >= 4 is 24.4 Å². The van der Waals surface area contributed by atoms with Crippen LogP contribution >= 0.6 is 7.55 Å². The van der Waals surface area contributed by atoms with Crippen molar-refractivity contribution in [2.45, 2.75) is 6.42 Å². The van der Waals surface area contributed by atoms with E-state index in [0.717, 1.165) is 0 Å². The minimum atomic E-state index is -0.461. The second-order valence-electron chi connectivity index (χ2n) is 2.93. The normalized spacial score (nSPS) is 18.5. The quantitative estimate of drug-likeness (QED) is 0.618. The van der Waals surface area contributed by atoms with Crippen LogP contribution in [0, 0.1) is 0 Å². The molecule has 2 rings (SSSR count). The van der Waals surface area contributed by atoms with Crippen molar-refractivity contribution in [3.63, 3.8) is 0 Å². The van der Waals surface area contributed by atoms with Crippen LogP contribution in [0.15, 0.2) is 42.2 Å². The van der Waals surface area contributed by atoms with Gasteiger partial charge in [-0.1, -0.05) is 18.2 Å². The van der Waals surface area contributed by atoms with Gasteiger partial charge >= 0.3 is 0 Å². The summed E-state index contributed by atoms with van der Waals surface area (Å²) in [5.74, 6) is 4.24. The van der Waals surface area contributed by atoms with Gasteiger partial charge in [0, 0.05) is 6.42 Å². The molecule has 0 bridgehead atoms. The monoisotopic (exact) mass is 189 g/mol. The lowest BCUT2D eigenvalue weighted by molar-refractivity contribution is -0.111. The molecular weight excluding hydrogens is 179 g/mol. The summed E-state index contributed by atoms with van der Waals surface area (Å²) in [5.41, 5.74) is 0. The third kappa shape index (κ3) is 1.93. The molecule has 2 heteroatoms. The average Bonchev–Trinajstić information content (AvgIpc) is 2.19. The number of benzene rings is 1. The van der Waals surface area contributed by atoms with Crippen LogP contribution < -0.4 is 5.30 Å². The zero-order valence-corrected chi connectivity index (χ0v) is 8.08. The highest BCUT2D eigenvalue weighted by Gasteiger charge is 2.16. The fourth-order valence-corrected chi connectivity index (χ4v) is 2.97. The van der Waals surface area contributed by atoms with Gasteiger partial charge in [0.25, 0.3) is 0 Å². The summed E-state index contributed by atoms with van der Waals surface area (Å²) in [6.45, 7) is 0. The van der Waals surface area contributed by atoms with E-state index >= 15 is 0 Å². The summed E-state index contributed by atoms with van der Waals surface area (Å²) in [5, 5.41) is 1.25. The van der Waals surface area contributed by atoms with E-state index in [2.05, 4.69) is 17.9 Å². The number of carbonyl (C=O) groups is 1. The molecule has 1 aliphatic rings. The van der Waals surface area contributed by atoms with E-state index < -0.39 is 7.55 Å². The van der Waals surface area contributed by atoms with Crippen LogP contribution in [0.1, 0.15) is 6.42 Å². The van der Waals surface area contributed by atoms with Gasteiger partial charge in [-0.25, -0.2) is 0 Å². The molecule has 1 aromatic rings. The van der Waals surface area contributed by atoms with Gasteiger partial charge in [0.05, 0.1) is 0 Å². The zero-order chi connectivity index (χ0) is 9.10. The molecule has 1 aromatic carbocycles. The first kappa shape index (κ1) is 8.40.